The fraction of sp³-hybridized carbons (Fsp3) is 0.150. The van der Waals surface area contributed by atoms with Crippen molar-refractivity contribution in [2.75, 3.05) is 5.73 Å². The molecular formula is C20H19N5. The van der Waals surface area contributed by atoms with Gasteiger partial charge in [-0.05, 0) is 29.3 Å². The number of nitrogens with two attached hydrogens (primary N) is 1. The minimum absolute atomic E-state index is 0.258. The molecule has 0 aliphatic heterocycles. The van der Waals surface area contributed by atoms with Gasteiger partial charge in [-0.1, -0.05) is 49.7 Å². The van der Waals surface area contributed by atoms with E-state index in [1.165, 1.54) is 10.8 Å². The zero-order valence-electron chi connectivity index (χ0n) is 14.1. The summed E-state index contributed by atoms with van der Waals surface area (Å²) in [6, 6.07) is 16.5. The molecule has 0 fully saturated rings. The Hall–Kier alpha value is -3.21. The largest absolute Gasteiger partial charge is 0.368 e. The zero-order valence-corrected chi connectivity index (χ0v) is 14.1. The molecule has 2 aromatic carbocycles. The van der Waals surface area contributed by atoms with Crippen molar-refractivity contribution in [2.45, 2.75) is 19.8 Å². The van der Waals surface area contributed by atoms with Gasteiger partial charge in [0.15, 0.2) is 5.82 Å². The van der Waals surface area contributed by atoms with E-state index in [1.807, 2.05) is 24.4 Å². The summed E-state index contributed by atoms with van der Waals surface area (Å²) in [6.45, 7) is 2.15. The van der Waals surface area contributed by atoms with Crippen molar-refractivity contribution in [1.29, 1.82) is 0 Å². The average molecular weight is 329 g/mol. The van der Waals surface area contributed by atoms with Crippen molar-refractivity contribution in [3.05, 3.63) is 66.5 Å². The van der Waals surface area contributed by atoms with E-state index in [0.717, 1.165) is 35.5 Å². The number of nitrogens with zero attached hydrogens (tertiary/aromatic N) is 4. The number of rotatable bonds is 4. The highest BCUT2D eigenvalue weighted by Crippen LogP contribution is 2.30. The molecule has 0 amide bonds. The minimum atomic E-state index is 0.258. The highest BCUT2D eigenvalue weighted by atomic mass is 15.3. The molecule has 2 heterocycles. The number of anilines is 1. The lowest BCUT2D eigenvalue weighted by Crippen LogP contribution is -2.10. The van der Waals surface area contributed by atoms with Crippen LogP contribution < -0.4 is 5.73 Å². The second kappa shape index (κ2) is 6.36. The van der Waals surface area contributed by atoms with Crippen LogP contribution in [0.25, 0.3) is 27.8 Å². The summed E-state index contributed by atoms with van der Waals surface area (Å²) < 4.78 is 1.76. The van der Waals surface area contributed by atoms with Gasteiger partial charge in [0.2, 0.25) is 5.95 Å². The standard InChI is InChI=1S/C20H19N5/c1-2-6-17-18(16-10-9-14-7-3-4-8-15(14)13-16)23-20(21)24-19(17)25-12-5-11-22-25/h3-5,7-13H,2,6H2,1H3,(H2,21,23,24). The van der Waals surface area contributed by atoms with Gasteiger partial charge < -0.3 is 5.73 Å². The van der Waals surface area contributed by atoms with Gasteiger partial charge >= 0.3 is 0 Å². The van der Waals surface area contributed by atoms with Gasteiger partial charge in [0.1, 0.15) is 0 Å². The maximum atomic E-state index is 6.02. The molecule has 5 heteroatoms. The Labute approximate surface area is 146 Å². The summed E-state index contributed by atoms with van der Waals surface area (Å²) in [5, 5.41) is 6.71. The average Bonchev–Trinajstić information content (AvgIpc) is 3.17. The molecule has 0 unspecified atom stereocenters. The van der Waals surface area contributed by atoms with Crippen LogP contribution in [-0.2, 0) is 6.42 Å². The molecule has 124 valence electrons. The summed E-state index contributed by atoms with van der Waals surface area (Å²) >= 11 is 0. The van der Waals surface area contributed by atoms with E-state index in [9.17, 15) is 0 Å². The Bertz CT molecular complexity index is 1020. The summed E-state index contributed by atoms with van der Waals surface area (Å²) in [5.41, 5.74) is 9.01. The lowest BCUT2D eigenvalue weighted by atomic mass is 10.00. The van der Waals surface area contributed by atoms with Crippen molar-refractivity contribution in [2.24, 2.45) is 0 Å². The van der Waals surface area contributed by atoms with Crippen LogP contribution in [-0.4, -0.2) is 19.7 Å². The SMILES string of the molecule is CCCc1c(-c2ccc3ccccc3c2)nc(N)nc1-n1cccn1. The first-order chi connectivity index (χ1) is 12.3. The number of benzene rings is 2. The van der Waals surface area contributed by atoms with E-state index in [0.29, 0.717) is 0 Å². The second-order valence-corrected chi connectivity index (χ2v) is 6.00. The van der Waals surface area contributed by atoms with Crippen molar-refractivity contribution >= 4 is 16.7 Å². The first-order valence-electron chi connectivity index (χ1n) is 8.42. The number of hydrogen-bond donors (Lipinski definition) is 1. The molecule has 0 atom stereocenters. The van der Waals surface area contributed by atoms with Crippen molar-refractivity contribution in [1.82, 2.24) is 19.7 Å². The van der Waals surface area contributed by atoms with Crippen LogP contribution in [0.15, 0.2) is 60.9 Å². The normalized spacial score (nSPS) is 11.1. The monoisotopic (exact) mass is 329 g/mol. The van der Waals surface area contributed by atoms with Gasteiger partial charge in [0.25, 0.3) is 0 Å². The van der Waals surface area contributed by atoms with E-state index in [1.54, 1.807) is 10.9 Å². The Balaban J connectivity index is 1.96. The van der Waals surface area contributed by atoms with Gasteiger partial charge in [-0.2, -0.15) is 10.1 Å². The Morgan fingerprint density at radius 2 is 1.84 bits per heavy atom. The third-order valence-electron chi connectivity index (χ3n) is 4.25. The predicted octanol–water partition coefficient (Wildman–Crippen LogP) is 4.02. The van der Waals surface area contributed by atoms with E-state index in [-0.39, 0.29) is 5.95 Å². The van der Waals surface area contributed by atoms with Gasteiger partial charge in [0.05, 0.1) is 5.69 Å². The maximum Gasteiger partial charge on any atom is 0.222 e. The highest BCUT2D eigenvalue weighted by Gasteiger charge is 2.16. The minimum Gasteiger partial charge on any atom is -0.368 e. The summed E-state index contributed by atoms with van der Waals surface area (Å²) in [5.74, 6) is 1.01. The van der Waals surface area contributed by atoms with Crippen molar-refractivity contribution < 1.29 is 0 Å². The molecule has 0 saturated heterocycles. The molecule has 4 rings (SSSR count). The van der Waals surface area contributed by atoms with Crippen LogP contribution in [0.2, 0.25) is 0 Å². The first kappa shape index (κ1) is 15.3. The number of hydrogen-bond acceptors (Lipinski definition) is 4. The van der Waals surface area contributed by atoms with Crippen LogP contribution in [0.3, 0.4) is 0 Å². The van der Waals surface area contributed by atoms with Crippen molar-refractivity contribution in [3.63, 3.8) is 0 Å². The fourth-order valence-electron chi connectivity index (χ4n) is 3.13. The molecule has 0 aliphatic carbocycles. The van der Waals surface area contributed by atoms with Crippen LogP contribution in [0, 0.1) is 0 Å². The highest BCUT2D eigenvalue weighted by molar-refractivity contribution is 5.87. The molecule has 0 aliphatic rings. The quantitative estimate of drug-likeness (QED) is 0.614. The Kier molecular flexibility index (Phi) is 3.90. The summed E-state index contributed by atoms with van der Waals surface area (Å²) in [4.78, 5) is 9.01. The van der Waals surface area contributed by atoms with Gasteiger partial charge in [-0.3, -0.25) is 0 Å². The Morgan fingerprint density at radius 1 is 1.00 bits per heavy atom. The van der Waals surface area contributed by atoms with Crippen molar-refractivity contribution in [3.8, 4) is 17.1 Å². The second-order valence-electron chi connectivity index (χ2n) is 6.00. The molecule has 0 spiro atoms. The molecule has 0 saturated carbocycles. The van der Waals surface area contributed by atoms with E-state index in [2.05, 4.69) is 52.3 Å². The molecule has 0 bridgehead atoms. The first-order valence-corrected chi connectivity index (χ1v) is 8.42. The van der Waals surface area contributed by atoms with Gasteiger partial charge in [0, 0.05) is 23.5 Å². The molecule has 2 N–H and O–H groups in total. The topological polar surface area (TPSA) is 69.6 Å². The molecule has 2 aromatic heterocycles. The van der Waals surface area contributed by atoms with E-state index >= 15 is 0 Å². The van der Waals surface area contributed by atoms with Crippen LogP contribution in [0.4, 0.5) is 5.95 Å². The molecule has 25 heavy (non-hydrogen) atoms. The third-order valence-corrected chi connectivity index (χ3v) is 4.25. The predicted molar refractivity (Wildman–Crippen MR) is 101 cm³/mol. The molecule has 4 aromatic rings. The lowest BCUT2D eigenvalue weighted by Gasteiger charge is -2.14. The number of aromatic nitrogens is 4. The fourth-order valence-corrected chi connectivity index (χ4v) is 3.13. The Morgan fingerprint density at radius 3 is 2.60 bits per heavy atom. The smallest absolute Gasteiger partial charge is 0.222 e. The number of nitrogen functional groups attached to an aromatic ring is 1. The maximum absolute atomic E-state index is 6.02. The van der Waals surface area contributed by atoms with Crippen LogP contribution in [0.5, 0.6) is 0 Å². The van der Waals surface area contributed by atoms with Crippen LogP contribution in [0.1, 0.15) is 18.9 Å². The lowest BCUT2D eigenvalue weighted by molar-refractivity contribution is 0.804. The van der Waals surface area contributed by atoms with E-state index < -0.39 is 0 Å². The van der Waals surface area contributed by atoms with Crippen LogP contribution >= 0.6 is 0 Å². The molecular weight excluding hydrogens is 310 g/mol. The number of fused-ring (bicyclic) bond motifs is 1. The molecule has 5 nitrogen and oxygen atoms in total. The van der Waals surface area contributed by atoms with Gasteiger partial charge in [-0.25, -0.2) is 9.67 Å². The van der Waals surface area contributed by atoms with E-state index in [4.69, 9.17) is 5.73 Å². The zero-order chi connectivity index (χ0) is 17.2. The third kappa shape index (κ3) is 2.85. The molecule has 0 radical (unpaired) electrons. The van der Waals surface area contributed by atoms with Gasteiger partial charge in [-0.15, -0.1) is 0 Å². The summed E-state index contributed by atoms with van der Waals surface area (Å²) in [6.07, 6.45) is 5.47. The summed E-state index contributed by atoms with van der Waals surface area (Å²) in [7, 11) is 0.